The third kappa shape index (κ3) is 3.99. The maximum atomic E-state index is 13.4. The molecule has 5 heterocycles. The number of hydrogen-bond acceptors (Lipinski definition) is 9. The lowest BCUT2D eigenvalue weighted by Crippen LogP contribution is -2.41. The van der Waals surface area contributed by atoms with Crippen LogP contribution in [-0.2, 0) is 9.53 Å². The molecule has 2 N–H and O–H groups in total. The number of tetrazole rings is 1. The SMILES string of the molecule is CC1=C(C(=O)Nc2ccc3[nH]nc(-c4ccnc(N5CCO[C@H](C)C5)c4)c3c2)[C@@H](C)n2nnnc2N1C. The summed E-state index contributed by atoms with van der Waals surface area (Å²) >= 11 is 0. The molecule has 3 aromatic heterocycles. The lowest BCUT2D eigenvalue weighted by molar-refractivity contribution is -0.113. The fraction of sp³-hybridized carbons (Fsp3) is 0.360. The molecule has 0 unspecified atom stereocenters. The van der Waals surface area contributed by atoms with Crippen LogP contribution in [0.3, 0.4) is 0 Å². The highest BCUT2D eigenvalue weighted by Gasteiger charge is 2.32. The first-order chi connectivity index (χ1) is 17.9. The van der Waals surface area contributed by atoms with E-state index >= 15 is 0 Å². The first-order valence-electron chi connectivity index (χ1n) is 12.3. The Morgan fingerprint density at radius 2 is 2.08 bits per heavy atom. The molecule has 12 heteroatoms. The van der Waals surface area contributed by atoms with Crippen molar-refractivity contribution in [2.45, 2.75) is 32.9 Å². The van der Waals surface area contributed by atoms with Gasteiger partial charge in [0.2, 0.25) is 5.95 Å². The van der Waals surface area contributed by atoms with Crippen molar-refractivity contribution < 1.29 is 9.53 Å². The Hall–Kier alpha value is -4.32. The monoisotopic (exact) mass is 500 g/mol. The van der Waals surface area contributed by atoms with Crippen LogP contribution < -0.4 is 15.1 Å². The van der Waals surface area contributed by atoms with E-state index in [0.717, 1.165) is 46.8 Å². The van der Waals surface area contributed by atoms with Gasteiger partial charge in [0, 0.05) is 48.7 Å². The van der Waals surface area contributed by atoms with Gasteiger partial charge in [0.05, 0.1) is 29.8 Å². The van der Waals surface area contributed by atoms with E-state index in [2.05, 4.69) is 53.9 Å². The van der Waals surface area contributed by atoms with E-state index in [9.17, 15) is 4.79 Å². The Bertz CT molecular complexity index is 1520. The second-order valence-corrected chi connectivity index (χ2v) is 9.47. The molecule has 1 fully saturated rings. The van der Waals surface area contributed by atoms with Gasteiger partial charge < -0.3 is 19.9 Å². The van der Waals surface area contributed by atoms with E-state index in [1.54, 1.807) is 10.9 Å². The Balaban J connectivity index is 1.29. The van der Waals surface area contributed by atoms with Crippen LogP contribution in [0.1, 0.15) is 26.8 Å². The molecule has 0 aliphatic carbocycles. The van der Waals surface area contributed by atoms with E-state index < -0.39 is 0 Å². The number of nitrogens with one attached hydrogen (secondary N) is 2. The molecule has 0 bridgehead atoms. The number of morpholine rings is 1. The van der Waals surface area contributed by atoms with Gasteiger partial charge in [-0.2, -0.15) is 5.10 Å². The van der Waals surface area contributed by atoms with E-state index in [4.69, 9.17) is 4.74 Å². The van der Waals surface area contributed by atoms with Gasteiger partial charge in [-0.1, -0.05) is 5.10 Å². The molecule has 0 saturated carbocycles. The van der Waals surface area contributed by atoms with Crippen LogP contribution in [0.5, 0.6) is 0 Å². The molecule has 2 atom stereocenters. The number of rotatable bonds is 4. The van der Waals surface area contributed by atoms with Crippen molar-refractivity contribution in [1.29, 1.82) is 0 Å². The molecular formula is C25H28N10O2. The van der Waals surface area contributed by atoms with Crippen LogP contribution >= 0.6 is 0 Å². The summed E-state index contributed by atoms with van der Waals surface area (Å²) in [7, 11) is 1.85. The maximum Gasteiger partial charge on any atom is 0.255 e. The number of hydrogen-bond donors (Lipinski definition) is 2. The van der Waals surface area contributed by atoms with E-state index in [1.807, 2.05) is 50.1 Å². The summed E-state index contributed by atoms with van der Waals surface area (Å²) in [5.74, 6) is 1.30. The summed E-state index contributed by atoms with van der Waals surface area (Å²) in [5, 5.41) is 23.5. The van der Waals surface area contributed by atoms with Crippen LogP contribution in [0.4, 0.5) is 17.5 Å². The number of amides is 1. The normalized spacial score (nSPS) is 19.9. The zero-order valence-electron chi connectivity index (χ0n) is 21.1. The van der Waals surface area contributed by atoms with E-state index in [-0.39, 0.29) is 18.1 Å². The Morgan fingerprint density at radius 1 is 1.22 bits per heavy atom. The van der Waals surface area contributed by atoms with Gasteiger partial charge in [0.25, 0.3) is 5.91 Å². The fourth-order valence-electron chi connectivity index (χ4n) is 5.05. The van der Waals surface area contributed by atoms with Crippen molar-refractivity contribution in [2.24, 2.45) is 0 Å². The highest BCUT2D eigenvalue weighted by molar-refractivity contribution is 6.07. The number of anilines is 3. The molecule has 1 saturated heterocycles. The van der Waals surface area contributed by atoms with Crippen molar-refractivity contribution in [3.63, 3.8) is 0 Å². The number of allylic oxidation sites excluding steroid dienone is 1. The quantitative estimate of drug-likeness (QED) is 0.434. The lowest BCUT2D eigenvalue weighted by atomic mass is 10.0. The zero-order valence-corrected chi connectivity index (χ0v) is 21.1. The molecule has 37 heavy (non-hydrogen) atoms. The highest BCUT2D eigenvalue weighted by Crippen LogP contribution is 2.34. The Morgan fingerprint density at radius 3 is 2.92 bits per heavy atom. The largest absolute Gasteiger partial charge is 0.375 e. The first-order valence-corrected chi connectivity index (χ1v) is 12.3. The van der Waals surface area contributed by atoms with Crippen LogP contribution in [0.2, 0.25) is 0 Å². The fourth-order valence-corrected chi connectivity index (χ4v) is 5.05. The average molecular weight is 501 g/mol. The van der Waals surface area contributed by atoms with Gasteiger partial charge in [0.1, 0.15) is 11.5 Å². The number of H-pyrrole nitrogens is 1. The van der Waals surface area contributed by atoms with Gasteiger partial charge in [-0.15, -0.1) is 0 Å². The number of carbonyl (C=O) groups excluding carboxylic acids is 1. The molecule has 4 aromatic rings. The third-order valence-corrected chi connectivity index (χ3v) is 7.10. The third-order valence-electron chi connectivity index (χ3n) is 7.10. The summed E-state index contributed by atoms with van der Waals surface area (Å²) in [6.07, 6.45) is 1.97. The lowest BCUT2D eigenvalue weighted by Gasteiger charge is -2.32. The summed E-state index contributed by atoms with van der Waals surface area (Å²) in [5.41, 5.74) is 4.72. The number of aromatic nitrogens is 7. The number of nitrogens with zero attached hydrogens (tertiary/aromatic N) is 8. The predicted molar refractivity (Wildman–Crippen MR) is 139 cm³/mol. The number of carbonyl (C=O) groups is 1. The zero-order chi connectivity index (χ0) is 25.7. The molecular weight excluding hydrogens is 472 g/mol. The predicted octanol–water partition coefficient (Wildman–Crippen LogP) is 2.76. The number of aromatic amines is 1. The number of benzene rings is 1. The van der Waals surface area contributed by atoms with Gasteiger partial charge >= 0.3 is 0 Å². The van der Waals surface area contributed by atoms with Gasteiger partial charge in [-0.25, -0.2) is 9.67 Å². The van der Waals surface area contributed by atoms with Gasteiger partial charge in [-0.3, -0.25) is 9.89 Å². The van der Waals surface area contributed by atoms with Crippen molar-refractivity contribution >= 4 is 34.3 Å². The molecule has 1 amide bonds. The molecule has 6 rings (SSSR count). The summed E-state index contributed by atoms with van der Waals surface area (Å²) in [4.78, 5) is 22.0. The van der Waals surface area contributed by atoms with Crippen molar-refractivity contribution in [3.8, 4) is 11.3 Å². The van der Waals surface area contributed by atoms with Crippen LogP contribution in [0.15, 0.2) is 47.8 Å². The van der Waals surface area contributed by atoms with Crippen molar-refractivity contribution in [2.75, 3.05) is 41.9 Å². The van der Waals surface area contributed by atoms with E-state index in [0.29, 0.717) is 23.8 Å². The molecule has 190 valence electrons. The second kappa shape index (κ2) is 8.96. The molecule has 2 aliphatic rings. The minimum Gasteiger partial charge on any atom is -0.375 e. The standard InChI is InChI=1S/C25H28N10O2/c1-14-13-34(9-10-37-14)21-11-17(7-8-26-21)23-19-12-18(5-6-20(19)28-29-23)27-24(36)22-15(2)33(4)25-30-31-32-35(25)16(22)3/h5-8,11-12,14,16H,9-10,13H2,1-4H3,(H,27,36)(H,28,29)/t14-,16-/m1/s1. The van der Waals surface area contributed by atoms with Gasteiger partial charge in [-0.05, 0) is 61.5 Å². The summed E-state index contributed by atoms with van der Waals surface area (Å²) in [6.45, 7) is 8.16. The second-order valence-electron chi connectivity index (χ2n) is 9.47. The molecule has 2 aliphatic heterocycles. The highest BCUT2D eigenvalue weighted by atomic mass is 16.5. The van der Waals surface area contributed by atoms with Crippen LogP contribution in [-0.4, -0.2) is 74.1 Å². The van der Waals surface area contributed by atoms with Crippen LogP contribution in [0, 0.1) is 0 Å². The minimum absolute atomic E-state index is 0.161. The van der Waals surface area contributed by atoms with Crippen molar-refractivity contribution in [1.82, 2.24) is 35.4 Å². The summed E-state index contributed by atoms with van der Waals surface area (Å²) < 4.78 is 7.32. The van der Waals surface area contributed by atoms with Crippen LogP contribution in [0.25, 0.3) is 22.2 Å². The average Bonchev–Trinajstić information content (AvgIpc) is 3.55. The molecule has 1 aromatic carbocycles. The molecule has 12 nitrogen and oxygen atoms in total. The molecule has 0 radical (unpaired) electrons. The van der Waals surface area contributed by atoms with E-state index in [1.165, 1.54) is 0 Å². The number of pyridine rings is 1. The topological polar surface area (TPSA) is 130 Å². The number of fused-ring (bicyclic) bond motifs is 2. The smallest absolute Gasteiger partial charge is 0.255 e. The Kier molecular flexibility index (Phi) is 5.60. The first kappa shape index (κ1) is 23.1. The van der Waals surface area contributed by atoms with Gasteiger partial charge in [0.15, 0.2) is 0 Å². The van der Waals surface area contributed by atoms with Crippen molar-refractivity contribution in [3.05, 3.63) is 47.8 Å². The number of ether oxygens (including phenoxy) is 1. The molecule has 0 spiro atoms. The Labute approximate surface area is 213 Å². The maximum absolute atomic E-state index is 13.4. The minimum atomic E-state index is -0.299. The summed E-state index contributed by atoms with van der Waals surface area (Å²) in [6, 6.07) is 9.43.